The first-order valence-corrected chi connectivity index (χ1v) is 11.2. The predicted molar refractivity (Wildman–Crippen MR) is 127 cm³/mol. The average molecular weight is 438 g/mol. The smallest absolute Gasteiger partial charge is 0.164 e. The summed E-state index contributed by atoms with van der Waals surface area (Å²) in [6, 6.07) is 18.1. The number of allylic oxidation sites excluding steroid dienone is 6. The molecule has 0 radical (unpaired) electrons. The zero-order valence-electron chi connectivity index (χ0n) is 17.3. The van der Waals surface area contributed by atoms with Gasteiger partial charge in [0.25, 0.3) is 0 Å². The summed E-state index contributed by atoms with van der Waals surface area (Å²) in [4.78, 5) is 14.7. The van der Waals surface area contributed by atoms with E-state index in [2.05, 4.69) is 24.3 Å². The number of nitrogens with zero attached hydrogens (tertiary/aromatic N) is 3. The number of aromatic nitrogens is 3. The van der Waals surface area contributed by atoms with Crippen molar-refractivity contribution >= 4 is 22.7 Å². The number of ether oxygens (including phenoxy) is 1. The molecule has 0 amide bonds. The third kappa shape index (κ3) is 3.28. The fourth-order valence-corrected chi connectivity index (χ4v) is 4.70. The fourth-order valence-electron chi connectivity index (χ4n) is 4.47. The summed E-state index contributed by atoms with van der Waals surface area (Å²) in [6.07, 6.45) is 12.1. The van der Waals surface area contributed by atoms with Gasteiger partial charge in [0, 0.05) is 22.3 Å². The summed E-state index contributed by atoms with van der Waals surface area (Å²) in [7, 11) is 0. The monoisotopic (exact) mass is 437 g/mol. The van der Waals surface area contributed by atoms with Crippen LogP contribution < -0.4 is 4.74 Å². The molecule has 2 unspecified atom stereocenters. The van der Waals surface area contributed by atoms with Gasteiger partial charge in [0.2, 0.25) is 0 Å². The minimum atomic E-state index is -0.261. The molecule has 5 heteroatoms. The lowest BCUT2D eigenvalue weighted by Gasteiger charge is -2.24. The standard InChI is InChI=1S/C27H20ClN3O/c28-21-16-15-20(23-19-13-7-8-14-22(19)32-24(21)23)27-30-25(17-9-3-1-4-10-17)29-26(31-27)18-11-5-2-6-12-18/h1,3-5,7-16,23-24H,2,6H2. The van der Waals surface area contributed by atoms with E-state index in [1.54, 1.807) is 0 Å². The fraction of sp³-hybridized carbons (Fsp3) is 0.148. The van der Waals surface area contributed by atoms with Crippen molar-refractivity contribution in [3.8, 4) is 17.1 Å². The Balaban J connectivity index is 1.53. The maximum Gasteiger partial charge on any atom is 0.164 e. The first kappa shape index (κ1) is 19.2. The van der Waals surface area contributed by atoms with Gasteiger partial charge >= 0.3 is 0 Å². The second-order valence-electron chi connectivity index (χ2n) is 8.04. The van der Waals surface area contributed by atoms with Gasteiger partial charge in [0.15, 0.2) is 17.5 Å². The van der Waals surface area contributed by atoms with Crippen LogP contribution in [-0.2, 0) is 0 Å². The highest BCUT2D eigenvalue weighted by Gasteiger charge is 2.41. The van der Waals surface area contributed by atoms with Gasteiger partial charge < -0.3 is 4.74 Å². The number of rotatable bonds is 3. The number of fused-ring (bicyclic) bond motifs is 3. The summed E-state index contributed by atoms with van der Waals surface area (Å²) in [6.45, 7) is 0. The van der Waals surface area contributed by atoms with E-state index in [0.717, 1.165) is 40.9 Å². The highest BCUT2D eigenvalue weighted by molar-refractivity contribution is 6.30. The van der Waals surface area contributed by atoms with Crippen molar-refractivity contribution in [1.82, 2.24) is 15.0 Å². The van der Waals surface area contributed by atoms with Crippen molar-refractivity contribution in [2.45, 2.75) is 24.9 Å². The van der Waals surface area contributed by atoms with Gasteiger partial charge in [0.05, 0.1) is 11.0 Å². The highest BCUT2D eigenvalue weighted by Crippen LogP contribution is 2.50. The summed E-state index contributed by atoms with van der Waals surface area (Å²) >= 11 is 6.56. The molecule has 32 heavy (non-hydrogen) atoms. The van der Waals surface area contributed by atoms with Crippen LogP contribution in [-0.4, -0.2) is 21.1 Å². The van der Waals surface area contributed by atoms with Crippen LogP contribution in [0.25, 0.3) is 22.5 Å². The molecule has 0 bridgehead atoms. The van der Waals surface area contributed by atoms with Gasteiger partial charge in [-0.05, 0) is 25.0 Å². The van der Waals surface area contributed by atoms with E-state index in [0.29, 0.717) is 22.5 Å². The predicted octanol–water partition coefficient (Wildman–Crippen LogP) is 6.34. The Morgan fingerprint density at radius 1 is 0.812 bits per heavy atom. The number of hydrogen-bond acceptors (Lipinski definition) is 4. The number of benzene rings is 2. The first-order valence-electron chi connectivity index (χ1n) is 10.8. The van der Waals surface area contributed by atoms with Gasteiger partial charge in [-0.2, -0.15) is 0 Å². The molecule has 156 valence electrons. The zero-order valence-corrected chi connectivity index (χ0v) is 18.0. The van der Waals surface area contributed by atoms with Gasteiger partial charge in [0.1, 0.15) is 11.9 Å². The second-order valence-corrected chi connectivity index (χ2v) is 8.48. The highest BCUT2D eigenvalue weighted by atomic mass is 35.5. The third-order valence-corrected chi connectivity index (χ3v) is 6.36. The largest absolute Gasteiger partial charge is 0.483 e. The van der Waals surface area contributed by atoms with Gasteiger partial charge in [-0.25, -0.2) is 15.0 Å². The van der Waals surface area contributed by atoms with E-state index in [9.17, 15) is 0 Å². The van der Waals surface area contributed by atoms with Crippen LogP contribution in [0.5, 0.6) is 5.75 Å². The second kappa shape index (κ2) is 7.88. The van der Waals surface area contributed by atoms with E-state index >= 15 is 0 Å². The van der Waals surface area contributed by atoms with Crippen LogP contribution in [0.3, 0.4) is 0 Å². The molecule has 3 aliphatic rings. The Morgan fingerprint density at radius 2 is 1.59 bits per heavy atom. The molecule has 0 saturated heterocycles. The first-order chi connectivity index (χ1) is 15.8. The van der Waals surface area contributed by atoms with Crippen molar-refractivity contribution < 1.29 is 4.74 Å². The minimum Gasteiger partial charge on any atom is -0.483 e. The van der Waals surface area contributed by atoms with E-state index < -0.39 is 0 Å². The maximum atomic E-state index is 6.56. The summed E-state index contributed by atoms with van der Waals surface area (Å²) in [5.41, 5.74) is 4.09. The molecule has 4 nitrogen and oxygen atoms in total. The van der Waals surface area contributed by atoms with E-state index in [-0.39, 0.29) is 12.0 Å². The van der Waals surface area contributed by atoms with E-state index in [1.165, 1.54) is 0 Å². The van der Waals surface area contributed by atoms with Crippen molar-refractivity contribution in [2.24, 2.45) is 0 Å². The lowest BCUT2D eigenvalue weighted by molar-refractivity contribution is 0.266. The van der Waals surface area contributed by atoms with Crippen molar-refractivity contribution in [3.05, 3.63) is 107 Å². The number of para-hydroxylation sites is 1. The molecule has 3 aromatic rings. The zero-order chi connectivity index (χ0) is 21.5. The van der Waals surface area contributed by atoms with Crippen LogP contribution in [0.15, 0.2) is 90.0 Å². The molecule has 1 aliphatic heterocycles. The SMILES string of the molecule is ClC1=CC=C(c2nc(C3=CCCC=C3)nc(-c3ccccc3)n2)C2c3ccccc3OC12. The van der Waals surface area contributed by atoms with Gasteiger partial charge in [-0.3, -0.25) is 0 Å². The van der Waals surface area contributed by atoms with E-state index in [4.69, 9.17) is 31.3 Å². The molecule has 2 aliphatic carbocycles. The molecule has 2 aromatic carbocycles. The van der Waals surface area contributed by atoms with Crippen molar-refractivity contribution in [3.63, 3.8) is 0 Å². The van der Waals surface area contributed by atoms with Crippen LogP contribution in [0, 0.1) is 0 Å². The van der Waals surface area contributed by atoms with Crippen LogP contribution in [0.1, 0.15) is 36.0 Å². The molecule has 0 saturated carbocycles. The van der Waals surface area contributed by atoms with Crippen LogP contribution in [0.2, 0.25) is 0 Å². The van der Waals surface area contributed by atoms with Crippen molar-refractivity contribution in [2.75, 3.05) is 0 Å². The Labute approximate surface area is 191 Å². The molecule has 2 atom stereocenters. The topological polar surface area (TPSA) is 47.9 Å². The van der Waals surface area contributed by atoms with Crippen molar-refractivity contribution in [1.29, 1.82) is 0 Å². The van der Waals surface area contributed by atoms with Crippen LogP contribution >= 0.6 is 11.6 Å². The Hall–Kier alpha value is -3.50. The molecule has 0 N–H and O–H groups in total. The quantitative estimate of drug-likeness (QED) is 0.480. The lowest BCUT2D eigenvalue weighted by Crippen LogP contribution is -2.23. The number of hydrogen-bond donors (Lipinski definition) is 0. The summed E-state index contributed by atoms with van der Waals surface area (Å²) in [5, 5.41) is 0.686. The van der Waals surface area contributed by atoms with Gasteiger partial charge in [-0.1, -0.05) is 84.4 Å². The lowest BCUT2D eigenvalue weighted by atomic mass is 9.84. The molecular formula is C27H20ClN3O. The Bertz CT molecular complexity index is 1320. The third-order valence-electron chi connectivity index (χ3n) is 6.02. The molecule has 0 fully saturated rings. The molecule has 0 spiro atoms. The molecule has 2 heterocycles. The molecule has 1 aromatic heterocycles. The molecular weight excluding hydrogens is 418 g/mol. The minimum absolute atomic E-state index is 0.0570. The Morgan fingerprint density at radius 3 is 2.44 bits per heavy atom. The van der Waals surface area contributed by atoms with Crippen LogP contribution in [0.4, 0.5) is 0 Å². The average Bonchev–Trinajstić information content (AvgIpc) is 3.26. The Kier molecular flexibility index (Phi) is 4.73. The summed E-state index contributed by atoms with van der Waals surface area (Å²) in [5.74, 6) is 2.81. The normalized spacial score (nSPS) is 21.1. The summed E-state index contributed by atoms with van der Waals surface area (Å²) < 4.78 is 6.20. The molecule has 6 rings (SSSR count). The number of halogens is 1. The van der Waals surface area contributed by atoms with Gasteiger partial charge in [-0.15, -0.1) is 0 Å². The maximum absolute atomic E-state index is 6.56. The van der Waals surface area contributed by atoms with E-state index in [1.807, 2.05) is 60.7 Å².